The molecule has 2 aromatic carbocycles. The number of carbonyl (C=O) groups is 2. The molecule has 0 aliphatic carbocycles. The topological polar surface area (TPSA) is 105 Å². The number of nitro benzene ring substituents is 1. The normalized spacial score (nSPS) is 16.4. The molecule has 1 atom stereocenters. The molecule has 8 nitrogen and oxygen atoms in total. The van der Waals surface area contributed by atoms with Crippen molar-refractivity contribution in [2.24, 2.45) is 0 Å². The first-order valence-corrected chi connectivity index (χ1v) is 8.12. The number of hydrogen-bond donors (Lipinski definition) is 2. The van der Waals surface area contributed by atoms with Gasteiger partial charge in [0.25, 0.3) is 5.69 Å². The molecule has 3 rings (SSSR count). The van der Waals surface area contributed by atoms with Gasteiger partial charge in [-0.25, -0.2) is 4.79 Å². The Morgan fingerprint density at radius 2 is 1.88 bits per heavy atom. The third kappa shape index (κ3) is 3.80. The summed E-state index contributed by atoms with van der Waals surface area (Å²) >= 11 is 0. The second kappa shape index (κ2) is 7.22. The van der Waals surface area contributed by atoms with Crippen molar-refractivity contribution in [3.63, 3.8) is 0 Å². The summed E-state index contributed by atoms with van der Waals surface area (Å²) in [5.41, 5.74) is 1.80. The summed E-state index contributed by atoms with van der Waals surface area (Å²) in [7, 11) is 0. The van der Waals surface area contributed by atoms with Gasteiger partial charge in [-0.05, 0) is 25.1 Å². The highest BCUT2D eigenvalue weighted by atomic mass is 16.6. The van der Waals surface area contributed by atoms with Crippen molar-refractivity contribution in [3.05, 3.63) is 64.2 Å². The minimum absolute atomic E-state index is 0.0788. The van der Waals surface area contributed by atoms with Crippen molar-refractivity contribution in [3.8, 4) is 0 Å². The van der Waals surface area contributed by atoms with E-state index >= 15 is 0 Å². The van der Waals surface area contributed by atoms with Gasteiger partial charge in [0.1, 0.15) is 5.69 Å². The van der Waals surface area contributed by atoms with E-state index in [0.29, 0.717) is 6.54 Å². The number of para-hydroxylation sites is 2. The molecule has 1 aliphatic rings. The Bertz CT molecular complexity index is 851. The molecule has 2 N–H and O–H groups in total. The molecule has 8 heteroatoms. The lowest BCUT2D eigenvalue weighted by molar-refractivity contribution is -0.383. The number of benzene rings is 2. The van der Waals surface area contributed by atoms with Crippen molar-refractivity contribution >= 4 is 29.0 Å². The lowest BCUT2D eigenvalue weighted by Crippen LogP contribution is -2.39. The maximum atomic E-state index is 12.2. The summed E-state index contributed by atoms with van der Waals surface area (Å²) in [6, 6.07) is 12.5. The Labute approximate surface area is 150 Å². The first-order valence-electron chi connectivity index (χ1n) is 8.12. The molecule has 134 valence electrons. The zero-order valence-corrected chi connectivity index (χ0v) is 14.1. The van der Waals surface area contributed by atoms with E-state index in [4.69, 9.17) is 0 Å². The van der Waals surface area contributed by atoms with E-state index in [1.807, 2.05) is 31.2 Å². The fourth-order valence-corrected chi connectivity index (χ4v) is 2.86. The highest BCUT2D eigenvalue weighted by Crippen LogP contribution is 2.24. The molecule has 0 radical (unpaired) electrons. The zero-order valence-electron chi connectivity index (χ0n) is 14.1. The Kier molecular flexibility index (Phi) is 4.83. The number of urea groups is 1. The minimum Gasteiger partial charge on any atom is -0.333 e. The Morgan fingerprint density at radius 1 is 1.19 bits per heavy atom. The molecule has 3 amide bonds. The van der Waals surface area contributed by atoms with Crippen molar-refractivity contribution in [1.29, 1.82) is 0 Å². The van der Waals surface area contributed by atoms with E-state index in [1.54, 1.807) is 11.0 Å². The first kappa shape index (κ1) is 17.4. The molecule has 1 heterocycles. The van der Waals surface area contributed by atoms with Crippen LogP contribution in [0, 0.1) is 17.0 Å². The van der Waals surface area contributed by atoms with E-state index in [0.717, 1.165) is 11.3 Å². The molecule has 0 spiro atoms. The Balaban J connectivity index is 1.63. The largest absolute Gasteiger partial charge is 0.333 e. The standard InChI is InChI=1S/C18H18N4O4/c1-12-6-8-14(9-7-12)21-11-13(10-17(21)23)19-18(24)20-15-4-2-3-5-16(15)22(25)26/h2-9,13H,10-11H2,1H3,(H2,19,20,24). The Morgan fingerprint density at radius 3 is 2.58 bits per heavy atom. The van der Waals surface area contributed by atoms with Gasteiger partial charge in [0.2, 0.25) is 5.91 Å². The predicted molar refractivity (Wildman–Crippen MR) is 97.2 cm³/mol. The van der Waals surface area contributed by atoms with Crippen LogP contribution in [0.15, 0.2) is 48.5 Å². The van der Waals surface area contributed by atoms with Crippen LogP contribution < -0.4 is 15.5 Å². The molecule has 26 heavy (non-hydrogen) atoms. The zero-order chi connectivity index (χ0) is 18.7. The fraction of sp³-hybridized carbons (Fsp3) is 0.222. The summed E-state index contributed by atoms with van der Waals surface area (Å²) in [4.78, 5) is 36.4. The van der Waals surface area contributed by atoms with E-state index in [1.165, 1.54) is 18.2 Å². The van der Waals surface area contributed by atoms with Crippen LogP contribution in [0.4, 0.5) is 21.9 Å². The van der Waals surface area contributed by atoms with Crippen LogP contribution in [0.3, 0.4) is 0 Å². The Hall–Kier alpha value is -3.42. The van der Waals surface area contributed by atoms with Crippen LogP contribution in [0.25, 0.3) is 0 Å². The second-order valence-electron chi connectivity index (χ2n) is 6.11. The van der Waals surface area contributed by atoms with E-state index < -0.39 is 11.0 Å². The van der Waals surface area contributed by atoms with E-state index in [-0.39, 0.29) is 29.7 Å². The lowest BCUT2D eigenvalue weighted by Gasteiger charge is -2.17. The molecule has 0 aromatic heterocycles. The van der Waals surface area contributed by atoms with Gasteiger partial charge in [0.15, 0.2) is 0 Å². The summed E-state index contributed by atoms with van der Waals surface area (Å²) in [6.07, 6.45) is 0.179. The smallest absolute Gasteiger partial charge is 0.319 e. The van der Waals surface area contributed by atoms with Crippen molar-refractivity contribution in [2.75, 3.05) is 16.8 Å². The van der Waals surface area contributed by atoms with Crippen LogP contribution in [0.5, 0.6) is 0 Å². The SMILES string of the molecule is Cc1ccc(N2CC(NC(=O)Nc3ccccc3[N+](=O)[O-])CC2=O)cc1. The van der Waals surface area contributed by atoms with Crippen LogP contribution in [0.1, 0.15) is 12.0 Å². The predicted octanol–water partition coefficient (Wildman–Crippen LogP) is 2.83. The number of nitrogens with zero attached hydrogens (tertiary/aromatic N) is 2. The molecule has 0 saturated carbocycles. The van der Waals surface area contributed by atoms with Crippen LogP contribution in [-0.4, -0.2) is 29.4 Å². The second-order valence-corrected chi connectivity index (χ2v) is 6.11. The van der Waals surface area contributed by atoms with Crippen molar-refractivity contribution in [2.45, 2.75) is 19.4 Å². The van der Waals surface area contributed by atoms with Gasteiger partial charge in [-0.1, -0.05) is 29.8 Å². The monoisotopic (exact) mass is 354 g/mol. The molecular weight excluding hydrogens is 336 g/mol. The third-order valence-electron chi connectivity index (χ3n) is 4.15. The fourth-order valence-electron chi connectivity index (χ4n) is 2.86. The van der Waals surface area contributed by atoms with Gasteiger partial charge >= 0.3 is 6.03 Å². The first-order chi connectivity index (χ1) is 12.4. The van der Waals surface area contributed by atoms with Crippen molar-refractivity contribution < 1.29 is 14.5 Å². The molecule has 1 unspecified atom stereocenters. The summed E-state index contributed by atoms with van der Waals surface area (Å²) in [5, 5.41) is 16.2. The molecule has 0 bridgehead atoms. The number of nitro groups is 1. The molecule has 1 saturated heterocycles. The van der Waals surface area contributed by atoms with Gasteiger partial charge in [-0.2, -0.15) is 0 Å². The number of aryl methyl sites for hydroxylation is 1. The van der Waals surface area contributed by atoms with Gasteiger partial charge in [-0.3, -0.25) is 14.9 Å². The lowest BCUT2D eigenvalue weighted by atomic mass is 10.2. The van der Waals surface area contributed by atoms with Gasteiger partial charge in [0.05, 0.1) is 11.0 Å². The van der Waals surface area contributed by atoms with Crippen LogP contribution in [-0.2, 0) is 4.79 Å². The summed E-state index contributed by atoms with van der Waals surface area (Å²) in [6.45, 7) is 2.32. The molecule has 1 aliphatic heterocycles. The van der Waals surface area contributed by atoms with E-state index in [9.17, 15) is 19.7 Å². The average molecular weight is 354 g/mol. The highest BCUT2D eigenvalue weighted by molar-refractivity contribution is 5.98. The number of anilines is 2. The van der Waals surface area contributed by atoms with Gasteiger partial charge in [-0.15, -0.1) is 0 Å². The number of nitrogens with one attached hydrogen (secondary N) is 2. The quantitative estimate of drug-likeness (QED) is 0.650. The number of hydrogen-bond acceptors (Lipinski definition) is 4. The number of rotatable bonds is 4. The average Bonchev–Trinajstić information content (AvgIpc) is 2.96. The number of amides is 3. The third-order valence-corrected chi connectivity index (χ3v) is 4.15. The molecular formula is C18H18N4O4. The van der Waals surface area contributed by atoms with E-state index in [2.05, 4.69) is 10.6 Å². The van der Waals surface area contributed by atoms with Crippen LogP contribution in [0.2, 0.25) is 0 Å². The number of carbonyl (C=O) groups excluding carboxylic acids is 2. The highest BCUT2D eigenvalue weighted by Gasteiger charge is 2.31. The van der Waals surface area contributed by atoms with Crippen LogP contribution >= 0.6 is 0 Å². The molecule has 2 aromatic rings. The van der Waals surface area contributed by atoms with Gasteiger partial charge in [0, 0.05) is 24.7 Å². The summed E-state index contributed by atoms with van der Waals surface area (Å²) < 4.78 is 0. The maximum Gasteiger partial charge on any atom is 0.319 e. The molecule has 1 fully saturated rings. The van der Waals surface area contributed by atoms with Gasteiger partial charge < -0.3 is 15.5 Å². The minimum atomic E-state index is -0.581. The van der Waals surface area contributed by atoms with Crippen molar-refractivity contribution in [1.82, 2.24) is 5.32 Å². The maximum absolute atomic E-state index is 12.2. The summed E-state index contributed by atoms with van der Waals surface area (Å²) in [5.74, 6) is -0.0788.